The van der Waals surface area contributed by atoms with E-state index < -0.39 is 0 Å². The second-order valence-electron chi connectivity index (χ2n) is 8.21. The summed E-state index contributed by atoms with van der Waals surface area (Å²) >= 11 is 5.85. The van der Waals surface area contributed by atoms with Gasteiger partial charge in [-0.05, 0) is 53.6 Å². The number of anilines is 2. The molecule has 0 aliphatic heterocycles. The van der Waals surface area contributed by atoms with Gasteiger partial charge in [0, 0.05) is 24.0 Å². The number of pyridine rings is 2. The Morgan fingerprint density at radius 1 is 0.821 bits per heavy atom. The molecule has 0 aliphatic rings. The first-order chi connectivity index (χ1) is 19.2. The quantitative estimate of drug-likeness (QED) is 0.258. The van der Waals surface area contributed by atoms with E-state index in [-0.39, 0.29) is 5.28 Å². The smallest absolute Gasteiger partial charge is 0.227 e. The number of hydrogen-bond acceptors (Lipinski definition) is 8. The summed E-state index contributed by atoms with van der Waals surface area (Å²) in [5.41, 5.74) is 12.3. The first-order valence-electron chi connectivity index (χ1n) is 12.5. The Morgan fingerprint density at radius 2 is 1.62 bits per heavy atom. The van der Waals surface area contributed by atoms with Crippen LogP contribution in [0.25, 0.3) is 39.5 Å². The molecule has 0 saturated carbocycles. The third-order valence-electron chi connectivity index (χ3n) is 5.84. The number of nitrogens with two attached hydrogens (primary N) is 1. The van der Waals surface area contributed by atoms with Crippen molar-refractivity contribution in [3.8, 4) is 28.3 Å². The van der Waals surface area contributed by atoms with Crippen LogP contribution < -0.4 is 11.1 Å². The van der Waals surface area contributed by atoms with E-state index in [9.17, 15) is 0 Å². The number of nitrogen functional groups attached to an aromatic ring is 1. The molecule has 39 heavy (non-hydrogen) atoms. The standard InChI is InChI=1S/C27H20ClN9.C2H6/c28-26-32-16-33-27(36-26)31-15-17-8-10-19(11-9-17)37-24(20-7-4-14-30-23(20)29)35-22-13-12-21(34-25(22)37)18-5-2-1-3-6-18;1-2/h1-14,16H,15H2,(H2,29,30)(H,31,32,33,36);1-2H3. The maximum Gasteiger partial charge on any atom is 0.227 e. The van der Waals surface area contributed by atoms with E-state index in [0.717, 1.165) is 39.2 Å². The molecule has 0 bridgehead atoms. The van der Waals surface area contributed by atoms with E-state index in [4.69, 9.17) is 27.3 Å². The number of nitrogens with zero attached hydrogens (tertiary/aromatic N) is 7. The second kappa shape index (κ2) is 11.7. The van der Waals surface area contributed by atoms with Gasteiger partial charge in [-0.2, -0.15) is 4.98 Å². The fourth-order valence-corrected chi connectivity index (χ4v) is 4.19. The molecule has 6 rings (SSSR count). The third kappa shape index (κ3) is 5.53. The monoisotopic (exact) mass is 535 g/mol. The molecular formula is C29H26ClN9. The largest absolute Gasteiger partial charge is 0.383 e. The number of imidazole rings is 1. The fraction of sp³-hybridized carbons (Fsp3) is 0.103. The highest BCUT2D eigenvalue weighted by Gasteiger charge is 2.18. The van der Waals surface area contributed by atoms with E-state index in [1.165, 1.54) is 6.33 Å². The molecule has 0 spiro atoms. The van der Waals surface area contributed by atoms with Crippen LogP contribution in [0.4, 0.5) is 11.8 Å². The van der Waals surface area contributed by atoms with E-state index in [1.54, 1.807) is 6.20 Å². The Hall–Kier alpha value is -4.89. The minimum atomic E-state index is 0.143. The second-order valence-corrected chi connectivity index (χ2v) is 8.55. The molecule has 0 saturated heterocycles. The SMILES string of the molecule is CC.Nc1ncccc1-c1nc2ccc(-c3ccccc3)nc2n1-c1ccc(CNc2ncnc(Cl)n2)cc1. The lowest BCUT2D eigenvalue weighted by atomic mass is 10.1. The van der Waals surface area contributed by atoms with Gasteiger partial charge in [-0.3, -0.25) is 4.57 Å². The molecule has 0 atom stereocenters. The zero-order chi connectivity index (χ0) is 27.2. The zero-order valence-electron chi connectivity index (χ0n) is 21.5. The van der Waals surface area contributed by atoms with Crippen molar-refractivity contribution in [1.29, 1.82) is 0 Å². The summed E-state index contributed by atoms with van der Waals surface area (Å²) in [6.07, 6.45) is 3.03. The van der Waals surface area contributed by atoms with Gasteiger partial charge in [0.1, 0.15) is 17.7 Å². The van der Waals surface area contributed by atoms with Crippen molar-refractivity contribution >= 4 is 34.5 Å². The van der Waals surface area contributed by atoms with E-state index in [0.29, 0.717) is 24.1 Å². The Morgan fingerprint density at radius 3 is 2.36 bits per heavy atom. The average Bonchev–Trinajstić information content (AvgIpc) is 3.37. The highest BCUT2D eigenvalue weighted by molar-refractivity contribution is 6.28. The van der Waals surface area contributed by atoms with Crippen LogP contribution in [-0.2, 0) is 6.54 Å². The van der Waals surface area contributed by atoms with Crippen molar-refractivity contribution in [1.82, 2.24) is 34.5 Å². The topological polar surface area (TPSA) is 120 Å². The summed E-state index contributed by atoms with van der Waals surface area (Å²) in [6.45, 7) is 4.52. The lowest BCUT2D eigenvalue weighted by Crippen LogP contribution is -2.05. The molecule has 9 nitrogen and oxygen atoms in total. The van der Waals surface area contributed by atoms with Gasteiger partial charge in [-0.1, -0.05) is 56.3 Å². The number of aromatic nitrogens is 7. The Kier molecular flexibility index (Phi) is 7.70. The van der Waals surface area contributed by atoms with Crippen LogP contribution in [0.2, 0.25) is 5.28 Å². The third-order valence-corrected chi connectivity index (χ3v) is 6.02. The molecule has 4 aromatic heterocycles. The van der Waals surface area contributed by atoms with Gasteiger partial charge in [-0.15, -0.1) is 0 Å². The molecule has 4 heterocycles. The van der Waals surface area contributed by atoms with Gasteiger partial charge in [0.2, 0.25) is 11.2 Å². The maximum absolute atomic E-state index is 6.25. The number of rotatable bonds is 6. The summed E-state index contributed by atoms with van der Waals surface area (Å²) < 4.78 is 2.01. The van der Waals surface area contributed by atoms with Gasteiger partial charge in [0.25, 0.3) is 0 Å². The van der Waals surface area contributed by atoms with Crippen molar-refractivity contribution < 1.29 is 0 Å². The van der Waals surface area contributed by atoms with Gasteiger partial charge >= 0.3 is 0 Å². The average molecular weight is 536 g/mol. The molecule has 3 N–H and O–H groups in total. The molecule has 10 heteroatoms. The van der Waals surface area contributed by atoms with Crippen LogP contribution in [0.5, 0.6) is 0 Å². The Bertz CT molecular complexity index is 1700. The maximum atomic E-state index is 6.25. The number of halogens is 1. The van der Waals surface area contributed by atoms with Crippen LogP contribution in [0.1, 0.15) is 19.4 Å². The highest BCUT2D eigenvalue weighted by atomic mass is 35.5. The minimum Gasteiger partial charge on any atom is -0.383 e. The van der Waals surface area contributed by atoms with Crippen molar-refractivity contribution in [3.63, 3.8) is 0 Å². The van der Waals surface area contributed by atoms with Crippen molar-refractivity contribution in [2.75, 3.05) is 11.1 Å². The molecule has 2 aromatic carbocycles. The van der Waals surface area contributed by atoms with Crippen LogP contribution >= 0.6 is 11.6 Å². The molecular weight excluding hydrogens is 510 g/mol. The predicted molar refractivity (Wildman–Crippen MR) is 155 cm³/mol. The lowest BCUT2D eigenvalue weighted by molar-refractivity contribution is 0.999. The number of fused-ring (bicyclic) bond motifs is 1. The normalized spacial score (nSPS) is 10.6. The van der Waals surface area contributed by atoms with Crippen LogP contribution in [-0.4, -0.2) is 34.5 Å². The van der Waals surface area contributed by atoms with Crippen LogP contribution in [0, 0.1) is 0 Å². The number of benzene rings is 2. The molecule has 0 unspecified atom stereocenters. The molecule has 194 valence electrons. The van der Waals surface area contributed by atoms with Gasteiger partial charge in [0.05, 0.1) is 11.3 Å². The summed E-state index contributed by atoms with van der Waals surface area (Å²) in [5.74, 6) is 1.49. The van der Waals surface area contributed by atoms with Crippen molar-refractivity contribution in [2.45, 2.75) is 20.4 Å². The van der Waals surface area contributed by atoms with Crippen LogP contribution in [0.3, 0.4) is 0 Å². The highest BCUT2D eigenvalue weighted by Crippen LogP contribution is 2.31. The first-order valence-corrected chi connectivity index (χ1v) is 12.9. The lowest BCUT2D eigenvalue weighted by Gasteiger charge is -2.12. The van der Waals surface area contributed by atoms with E-state index in [1.807, 2.05) is 97.3 Å². The Balaban J connectivity index is 0.00000151. The number of nitrogens with one attached hydrogen (secondary N) is 1. The van der Waals surface area contributed by atoms with Crippen molar-refractivity contribution in [3.05, 3.63) is 102 Å². The van der Waals surface area contributed by atoms with Gasteiger partial charge < -0.3 is 11.1 Å². The molecule has 0 fully saturated rings. The minimum absolute atomic E-state index is 0.143. The fourth-order valence-electron chi connectivity index (χ4n) is 4.06. The number of hydrogen-bond donors (Lipinski definition) is 2. The van der Waals surface area contributed by atoms with Gasteiger partial charge in [-0.25, -0.2) is 24.9 Å². The molecule has 0 amide bonds. The summed E-state index contributed by atoms with van der Waals surface area (Å²) in [4.78, 5) is 26.1. The Labute approximate surface area is 230 Å². The summed E-state index contributed by atoms with van der Waals surface area (Å²) in [6, 6.07) is 25.9. The summed E-state index contributed by atoms with van der Waals surface area (Å²) in [7, 11) is 0. The molecule has 6 aromatic rings. The van der Waals surface area contributed by atoms with E-state index >= 15 is 0 Å². The molecule has 0 aliphatic carbocycles. The van der Waals surface area contributed by atoms with E-state index in [2.05, 4.69) is 25.3 Å². The summed E-state index contributed by atoms with van der Waals surface area (Å²) in [5, 5.41) is 3.30. The predicted octanol–water partition coefficient (Wildman–Crippen LogP) is 6.21. The first kappa shape index (κ1) is 25.7. The van der Waals surface area contributed by atoms with Gasteiger partial charge in [0.15, 0.2) is 11.5 Å². The van der Waals surface area contributed by atoms with Crippen molar-refractivity contribution in [2.24, 2.45) is 0 Å². The zero-order valence-corrected chi connectivity index (χ0v) is 22.2. The molecule has 0 radical (unpaired) electrons. The van der Waals surface area contributed by atoms with Crippen LogP contribution in [0.15, 0.2) is 91.4 Å².